The summed E-state index contributed by atoms with van der Waals surface area (Å²) in [6, 6.07) is 24.9. The molecule has 0 amide bonds. The fraction of sp³-hybridized carbons (Fsp3) is 0.300. The first-order chi connectivity index (χ1) is 16.5. The van der Waals surface area contributed by atoms with Gasteiger partial charge in [0.25, 0.3) is 0 Å². The lowest BCUT2D eigenvalue weighted by atomic mass is 9.78. The van der Waals surface area contributed by atoms with Crippen LogP contribution in [0.1, 0.15) is 62.3 Å². The van der Waals surface area contributed by atoms with Crippen molar-refractivity contribution in [2.24, 2.45) is 0 Å². The minimum atomic E-state index is -0.174. The molecule has 0 saturated carbocycles. The maximum absolute atomic E-state index is 13.7. The number of nitrogens with one attached hydrogen (secondary N) is 2. The van der Waals surface area contributed by atoms with Gasteiger partial charge in [-0.25, -0.2) is 0 Å². The van der Waals surface area contributed by atoms with Gasteiger partial charge in [0.15, 0.2) is 5.78 Å². The Hall–Kier alpha value is -3.53. The second-order valence-corrected chi connectivity index (χ2v) is 9.50. The highest BCUT2D eigenvalue weighted by atomic mass is 16.5. The lowest BCUT2D eigenvalue weighted by molar-refractivity contribution is -0.116. The number of carbonyl (C=O) groups excluding carboxylic acids is 1. The van der Waals surface area contributed by atoms with E-state index in [0.29, 0.717) is 6.42 Å². The quantitative estimate of drug-likeness (QED) is 0.437. The van der Waals surface area contributed by atoms with Crippen LogP contribution in [0.4, 0.5) is 11.4 Å². The normalized spacial score (nSPS) is 19.6. The van der Waals surface area contributed by atoms with Gasteiger partial charge in [-0.2, -0.15) is 0 Å². The number of carbonyl (C=O) groups is 1. The molecule has 4 heteroatoms. The van der Waals surface area contributed by atoms with Crippen LogP contribution in [0.3, 0.4) is 0 Å². The zero-order chi connectivity index (χ0) is 23.7. The number of ketones is 1. The van der Waals surface area contributed by atoms with E-state index in [4.69, 9.17) is 4.74 Å². The molecule has 2 aliphatic rings. The van der Waals surface area contributed by atoms with Crippen molar-refractivity contribution in [2.45, 2.75) is 58.1 Å². The van der Waals surface area contributed by atoms with Crippen LogP contribution < -0.4 is 15.4 Å². The molecule has 3 aromatic carbocycles. The molecular weight excluding hydrogens is 420 g/mol. The van der Waals surface area contributed by atoms with Crippen LogP contribution in [0.5, 0.6) is 5.75 Å². The fourth-order valence-corrected chi connectivity index (χ4v) is 5.01. The van der Waals surface area contributed by atoms with E-state index in [1.165, 1.54) is 11.1 Å². The molecule has 1 aliphatic heterocycles. The SMILES string of the molecule is CCc1ccc(C2Nc3ccccc3NC3=C2C(=O)CC(c2ccc(OC(C)C)cc2)C3)cc1. The van der Waals surface area contributed by atoms with E-state index in [9.17, 15) is 4.79 Å². The molecule has 2 N–H and O–H groups in total. The molecule has 2 atom stereocenters. The summed E-state index contributed by atoms with van der Waals surface area (Å²) in [5.74, 6) is 1.20. The Balaban J connectivity index is 1.51. The zero-order valence-electron chi connectivity index (χ0n) is 20.1. The van der Waals surface area contributed by atoms with E-state index in [1.807, 2.05) is 38.1 Å². The molecule has 4 nitrogen and oxygen atoms in total. The Morgan fingerprint density at radius 3 is 2.24 bits per heavy atom. The van der Waals surface area contributed by atoms with E-state index in [1.54, 1.807) is 0 Å². The van der Waals surface area contributed by atoms with Crippen LogP contribution in [0.25, 0.3) is 0 Å². The van der Waals surface area contributed by atoms with Crippen molar-refractivity contribution in [1.29, 1.82) is 0 Å². The molecule has 0 aromatic heterocycles. The Labute approximate surface area is 202 Å². The van der Waals surface area contributed by atoms with Gasteiger partial charge in [0.05, 0.1) is 23.5 Å². The summed E-state index contributed by atoms with van der Waals surface area (Å²) in [5, 5.41) is 7.29. The van der Waals surface area contributed by atoms with Crippen molar-refractivity contribution in [1.82, 2.24) is 0 Å². The number of allylic oxidation sites excluding steroid dienone is 1. The largest absolute Gasteiger partial charge is 0.491 e. The lowest BCUT2D eigenvalue weighted by Gasteiger charge is -2.30. The predicted molar refractivity (Wildman–Crippen MR) is 138 cm³/mol. The zero-order valence-corrected chi connectivity index (χ0v) is 20.1. The molecular formula is C30H32N2O2. The Morgan fingerprint density at radius 2 is 1.56 bits per heavy atom. The fourth-order valence-electron chi connectivity index (χ4n) is 5.01. The van der Waals surface area contributed by atoms with Crippen LogP contribution in [-0.4, -0.2) is 11.9 Å². The average Bonchev–Trinajstić information content (AvgIpc) is 3.01. The summed E-state index contributed by atoms with van der Waals surface area (Å²) in [6.45, 7) is 6.21. The first-order valence-corrected chi connectivity index (χ1v) is 12.3. The number of ether oxygens (including phenoxy) is 1. The summed E-state index contributed by atoms with van der Waals surface area (Å²) in [5.41, 5.74) is 7.49. The van der Waals surface area contributed by atoms with E-state index in [-0.39, 0.29) is 23.8 Å². The van der Waals surface area contributed by atoms with Gasteiger partial charge in [-0.1, -0.05) is 55.5 Å². The van der Waals surface area contributed by atoms with Crippen molar-refractivity contribution in [3.8, 4) is 5.75 Å². The summed E-state index contributed by atoms with van der Waals surface area (Å²) in [6.07, 6.45) is 2.44. The maximum Gasteiger partial charge on any atom is 0.163 e. The number of Topliss-reactive ketones (excluding diaryl/α,β-unsaturated/α-hetero) is 1. The number of anilines is 2. The molecule has 5 rings (SSSR count). The van der Waals surface area contributed by atoms with Gasteiger partial charge in [0.2, 0.25) is 0 Å². The first-order valence-electron chi connectivity index (χ1n) is 12.3. The molecule has 0 radical (unpaired) electrons. The summed E-state index contributed by atoms with van der Waals surface area (Å²) in [4.78, 5) is 13.7. The predicted octanol–water partition coefficient (Wildman–Crippen LogP) is 7.02. The number of hydrogen-bond acceptors (Lipinski definition) is 4. The summed E-state index contributed by atoms with van der Waals surface area (Å²) < 4.78 is 5.80. The van der Waals surface area contributed by atoms with Gasteiger partial charge in [0, 0.05) is 17.7 Å². The van der Waals surface area contributed by atoms with Crippen molar-refractivity contribution < 1.29 is 9.53 Å². The van der Waals surface area contributed by atoms with E-state index >= 15 is 0 Å². The van der Waals surface area contributed by atoms with Crippen molar-refractivity contribution >= 4 is 17.2 Å². The number of fused-ring (bicyclic) bond motifs is 1. The second-order valence-electron chi connectivity index (χ2n) is 9.50. The van der Waals surface area contributed by atoms with E-state index < -0.39 is 0 Å². The molecule has 174 valence electrons. The highest BCUT2D eigenvalue weighted by Crippen LogP contribution is 2.44. The molecule has 0 fully saturated rings. The topological polar surface area (TPSA) is 50.4 Å². The van der Waals surface area contributed by atoms with Gasteiger partial charge in [-0.15, -0.1) is 0 Å². The van der Waals surface area contributed by atoms with Crippen molar-refractivity contribution in [3.63, 3.8) is 0 Å². The third kappa shape index (κ3) is 4.45. The van der Waals surface area contributed by atoms with Gasteiger partial charge < -0.3 is 15.4 Å². The number of benzene rings is 3. The average molecular weight is 453 g/mol. The third-order valence-corrected chi connectivity index (χ3v) is 6.75. The first kappa shape index (κ1) is 22.3. The van der Waals surface area contributed by atoms with Crippen LogP contribution in [0.15, 0.2) is 84.1 Å². The minimum Gasteiger partial charge on any atom is -0.491 e. The van der Waals surface area contributed by atoms with Gasteiger partial charge in [-0.3, -0.25) is 4.79 Å². The number of para-hydroxylation sites is 2. The smallest absolute Gasteiger partial charge is 0.163 e. The van der Waals surface area contributed by atoms with Crippen LogP contribution in [-0.2, 0) is 11.2 Å². The Bertz CT molecular complexity index is 1210. The van der Waals surface area contributed by atoms with Crippen LogP contribution in [0.2, 0.25) is 0 Å². The molecule has 2 unspecified atom stereocenters. The standard InChI is InChI=1S/C30H32N2O2/c1-4-20-9-11-22(12-10-20)30-29-27(31-25-7-5-6-8-26(25)32-30)17-23(18-28(29)33)21-13-15-24(16-14-21)34-19(2)3/h5-16,19,23,30-32H,4,17-18H2,1-3H3. The number of hydrogen-bond donors (Lipinski definition) is 2. The molecule has 0 saturated heterocycles. The monoisotopic (exact) mass is 452 g/mol. The third-order valence-electron chi connectivity index (χ3n) is 6.75. The maximum atomic E-state index is 13.7. The van der Waals surface area contributed by atoms with E-state index in [2.05, 4.69) is 66.1 Å². The van der Waals surface area contributed by atoms with Gasteiger partial charge >= 0.3 is 0 Å². The van der Waals surface area contributed by atoms with Gasteiger partial charge in [-0.05, 0) is 73.6 Å². The number of rotatable bonds is 5. The molecule has 3 aromatic rings. The van der Waals surface area contributed by atoms with Gasteiger partial charge in [0.1, 0.15) is 5.75 Å². The summed E-state index contributed by atoms with van der Waals surface area (Å²) in [7, 11) is 0. The Kier molecular flexibility index (Phi) is 6.14. The molecule has 0 spiro atoms. The minimum absolute atomic E-state index is 0.139. The molecule has 34 heavy (non-hydrogen) atoms. The second kappa shape index (κ2) is 9.38. The summed E-state index contributed by atoms with van der Waals surface area (Å²) >= 11 is 0. The highest BCUT2D eigenvalue weighted by molar-refractivity contribution is 6.01. The molecule has 1 aliphatic carbocycles. The van der Waals surface area contributed by atoms with Crippen LogP contribution >= 0.6 is 0 Å². The van der Waals surface area contributed by atoms with E-state index in [0.717, 1.165) is 46.8 Å². The lowest BCUT2D eigenvalue weighted by Crippen LogP contribution is -2.26. The Morgan fingerprint density at radius 1 is 0.882 bits per heavy atom. The highest BCUT2D eigenvalue weighted by Gasteiger charge is 2.36. The van der Waals surface area contributed by atoms with Crippen molar-refractivity contribution in [2.75, 3.05) is 10.6 Å². The van der Waals surface area contributed by atoms with Crippen LogP contribution in [0, 0.1) is 0 Å². The number of aryl methyl sites for hydroxylation is 1. The molecule has 1 heterocycles. The van der Waals surface area contributed by atoms with Crippen molar-refractivity contribution in [3.05, 3.63) is 101 Å². The molecule has 0 bridgehead atoms.